The second-order valence-electron chi connectivity index (χ2n) is 7.25. The van der Waals surface area contributed by atoms with E-state index in [1.54, 1.807) is 0 Å². The Labute approximate surface area is 196 Å². The van der Waals surface area contributed by atoms with Crippen molar-refractivity contribution in [2.45, 2.75) is 19.5 Å². The van der Waals surface area contributed by atoms with E-state index in [-0.39, 0.29) is 29.6 Å². The maximum Gasteiger partial charge on any atom is 0.435 e. The zero-order valence-corrected chi connectivity index (χ0v) is 18.7. The number of rotatable bonds is 8. The molecule has 0 atom stereocenters. The van der Waals surface area contributed by atoms with E-state index in [1.807, 2.05) is 6.92 Å². The summed E-state index contributed by atoms with van der Waals surface area (Å²) >= 11 is 0. The first kappa shape index (κ1) is 25.8. The van der Waals surface area contributed by atoms with Crippen molar-refractivity contribution in [1.82, 2.24) is 25.3 Å². The number of aryl methyl sites for hydroxylation is 1. The van der Waals surface area contributed by atoms with Gasteiger partial charge in [0.05, 0.1) is 11.3 Å². The van der Waals surface area contributed by atoms with E-state index >= 15 is 0 Å². The van der Waals surface area contributed by atoms with Gasteiger partial charge in [-0.15, -0.1) is 0 Å². The molecule has 9 nitrogen and oxygen atoms in total. The van der Waals surface area contributed by atoms with Crippen LogP contribution in [0.15, 0.2) is 35.5 Å². The molecule has 2 heterocycles. The summed E-state index contributed by atoms with van der Waals surface area (Å²) in [5.74, 6) is -2.76. The Morgan fingerprint density at radius 2 is 1.91 bits per heavy atom. The van der Waals surface area contributed by atoms with Gasteiger partial charge in [0, 0.05) is 50.7 Å². The summed E-state index contributed by atoms with van der Waals surface area (Å²) in [5.41, 5.74) is -1.61. The minimum absolute atomic E-state index is 0.0933. The average molecular weight is 499 g/mol. The van der Waals surface area contributed by atoms with Crippen LogP contribution >= 0.6 is 0 Å². The van der Waals surface area contributed by atoms with Crippen LogP contribution in [0.1, 0.15) is 29.4 Å². The number of halogens is 5. The van der Waals surface area contributed by atoms with Gasteiger partial charge in [-0.25, -0.2) is 8.78 Å². The molecule has 2 aromatic heterocycles. The second-order valence-corrected chi connectivity index (χ2v) is 7.25. The van der Waals surface area contributed by atoms with Crippen LogP contribution in [0.4, 0.5) is 27.8 Å². The van der Waals surface area contributed by atoms with Gasteiger partial charge in [-0.1, -0.05) is 0 Å². The molecule has 14 heteroatoms. The topological polar surface area (TPSA) is 109 Å². The number of nitrogens with zero attached hydrogens (tertiary/aromatic N) is 4. The fourth-order valence-corrected chi connectivity index (χ4v) is 3.02. The molecule has 0 aliphatic rings. The summed E-state index contributed by atoms with van der Waals surface area (Å²) in [6.07, 6.45) is -3.42. The van der Waals surface area contributed by atoms with E-state index in [4.69, 9.17) is 4.74 Å². The highest BCUT2D eigenvalue weighted by Crippen LogP contribution is 2.30. The fraction of sp³-hybridized carbons (Fsp3) is 0.333. The molecule has 0 radical (unpaired) electrons. The Morgan fingerprint density at radius 3 is 2.57 bits per heavy atom. The number of hydrogen-bond donors (Lipinski definition) is 3. The van der Waals surface area contributed by atoms with Crippen LogP contribution in [0.5, 0.6) is 0 Å². The third kappa shape index (κ3) is 7.09. The number of guanidine groups is 1. The van der Waals surface area contributed by atoms with Crippen molar-refractivity contribution in [3.8, 4) is 11.3 Å². The van der Waals surface area contributed by atoms with Gasteiger partial charge in [-0.3, -0.25) is 24.9 Å². The monoisotopic (exact) mass is 499 g/mol. The van der Waals surface area contributed by atoms with Crippen LogP contribution in [0.25, 0.3) is 11.3 Å². The van der Waals surface area contributed by atoms with Crippen molar-refractivity contribution in [1.29, 1.82) is 0 Å². The van der Waals surface area contributed by atoms with Gasteiger partial charge < -0.3 is 10.1 Å². The zero-order valence-electron chi connectivity index (χ0n) is 18.7. The largest absolute Gasteiger partial charge is 0.435 e. The van der Waals surface area contributed by atoms with Crippen LogP contribution in [0.3, 0.4) is 0 Å². The molecule has 3 N–H and O–H groups in total. The quantitative estimate of drug-likeness (QED) is 0.189. The number of aromatic amines is 1. The molecular weight excluding hydrogens is 477 g/mol. The Hall–Kier alpha value is -3.81. The Morgan fingerprint density at radius 1 is 1.20 bits per heavy atom. The van der Waals surface area contributed by atoms with Gasteiger partial charge in [0.1, 0.15) is 11.6 Å². The minimum atomic E-state index is -4.84. The van der Waals surface area contributed by atoms with E-state index in [0.29, 0.717) is 19.6 Å². The van der Waals surface area contributed by atoms with Crippen molar-refractivity contribution in [3.63, 3.8) is 0 Å². The maximum absolute atomic E-state index is 13.5. The molecule has 3 aromatic rings. The van der Waals surface area contributed by atoms with Gasteiger partial charge in [0.15, 0.2) is 11.5 Å². The normalized spacial score (nSPS) is 12.1. The predicted molar refractivity (Wildman–Crippen MR) is 117 cm³/mol. The van der Waals surface area contributed by atoms with Crippen molar-refractivity contribution >= 4 is 17.7 Å². The highest BCUT2D eigenvalue weighted by molar-refractivity contribution is 6.10. The number of benzene rings is 1. The molecule has 0 aliphatic carbocycles. The molecule has 0 spiro atoms. The molecule has 1 aromatic carbocycles. The third-order valence-corrected chi connectivity index (χ3v) is 4.49. The lowest BCUT2D eigenvalue weighted by atomic mass is 10.1. The third-order valence-electron chi connectivity index (χ3n) is 4.49. The maximum atomic E-state index is 13.5. The molecule has 0 saturated carbocycles. The van der Waals surface area contributed by atoms with E-state index in [9.17, 15) is 26.7 Å². The number of carbonyl (C=O) groups is 1. The summed E-state index contributed by atoms with van der Waals surface area (Å²) in [5, 5.41) is 14.9. The van der Waals surface area contributed by atoms with Crippen LogP contribution in [0, 0.1) is 11.6 Å². The number of alkyl halides is 3. The molecule has 0 aliphatic heterocycles. The van der Waals surface area contributed by atoms with Gasteiger partial charge in [-0.2, -0.15) is 23.4 Å². The molecule has 0 saturated heterocycles. The smallest absolute Gasteiger partial charge is 0.382 e. The van der Waals surface area contributed by atoms with E-state index in [2.05, 4.69) is 30.9 Å². The average Bonchev–Trinajstić information content (AvgIpc) is 3.39. The number of aliphatic imine (C=N–C) groups is 1. The summed E-state index contributed by atoms with van der Waals surface area (Å²) in [7, 11) is 1.26. The Bertz CT molecular complexity index is 1180. The molecule has 0 fully saturated rings. The summed E-state index contributed by atoms with van der Waals surface area (Å²) in [4.78, 5) is 16.8. The lowest BCUT2D eigenvalue weighted by Crippen LogP contribution is -2.37. The molecule has 0 bridgehead atoms. The molecular formula is C21H22F5N7O2. The predicted octanol–water partition coefficient (Wildman–Crippen LogP) is 3.73. The number of nitrogens with one attached hydrogen (secondary N) is 3. The van der Waals surface area contributed by atoms with Crippen LogP contribution < -0.4 is 10.6 Å². The zero-order chi connectivity index (χ0) is 25.6. The number of hydrogen-bond acceptors (Lipinski definition) is 5. The highest BCUT2D eigenvalue weighted by Gasteiger charge is 2.39. The van der Waals surface area contributed by atoms with Crippen molar-refractivity contribution in [2.24, 2.45) is 12.0 Å². The standard InChI is InChI=1S/C21H22F5N7O2/c1-3-35-6-4-5-27-20(29-19(34)15-11-33(2)32-18(15)21(24,25)26)28-17-10-16(30-31-17)12-7-13(22)9-14(23)8-12/h7-11H,3-6H2,1-2H3,(H3,27,28,29,30,31,34). The first-order valence-corrected chi connectivity index (χ1v) is 10.4. The number of H-pyrrole nitrogens is 1. The van der Waals surface area contributed by atoms with Gasteiger partial charge in [0.25, 0.3) is 5.91 Å². The van der Waals surface area contributed by atoms with Crippen LogP contribution in [-0.4, -0.2) is 51.6 Å². The molecule has 35 heavy (non-hydrogen) atoms. The molecule has 3 rings (SSSR count). The van der Waals surface area contributed by atoms with Crippen molar-refractivity contribution in [3.05, 3.63) is 53.4 Å². The molecule has 1 amide bonds. The lowest BCUT2D eigenvalue weighted by Gasteiger charge is -2.11. The first-order chi connectivity index (χ1) is 16.6. The number of carbonyl (C=O) groups excluding carboxylic acids is 1. The molecule has 0 unspecified atom stereocenters. The minimum Gasteiger partial charge on any atom is -0.382 e. The highest BCUT2D eigenvalue weighted by atomic mass is 19.4. The van der Waals surface area contributed by atoms with E-state index < -0.39 is 35.0 Å². The Balaban J connectivity index is 1.81. The van der Waals surface area contributed by atoms with E-state index in [0.717, 1.165) is 29.1 Å². The van der Waals surface area contributed by atoms with Crippen molar-refractivity contribution < 1.29 is 31.5 Å². The molecule has 188 valence electrons. The number of aromatic nitrogens is 4. The van der Waals surface area contributed by atoms with Gasteiger partial charge >= 0.3 is 6.18 Å². The number of anilines is 1. The van der Waals surface area contributed by atoms with Gasteiger partial charge in [0.2, 0.25) is 5.96 Å². The number of amides is 1. The first-order valence-electron chi connectivity index (χ1n) is 10.4. The summed E-state index contributed by atoms with van der Waals surface area (Å²) in [6, 6.07) is 4.29. The summed E-state index contributed by atoms with van der Waals surface area (Å²) in [6.45, 7) is 2.89. The van der Waals surface area contributed by atoms with Crippen LogP contribution in [0.2, 0.25) is 0 Å². The second kappa shape index (κ2) is 11.1. The summed E-state index contributed by atoms with van der Waals surface area (Å²) < 4.78 is 72.9. The van der Waals surface area contributed by atoms with Gasteiger partial charge in [-0.05, 0) is 25.5 Å². The Kier molecular flexibility index (Phi) is 8.17. The van der Waals surface area contributed by atoms with Crippen LogP contribution in [-0.2, 0) is 18.0 Å². The van der Waals surface area contributed by atoms with Crippen molar-refractivity contribution in [2.75, 3.05) is 25.1 Å². The number of ether oxygens (including phenoxy) is 1. The fourth-order valence-electron chi connectivity index (χ4n) is 3.02. The SMILES string of the molecule is CCOCCCN=C(NC(=O)c1cn(C)nc1C(F)(F)F)Nc1cc(-c2cc(F)cc(F)c2)[nH]n1. The van der Waals surface area contributed by atoms with E-state index in [1.165, 1.54) is 13.1 Å². The lowest BCUT2D eigenvalue weighted by molar-refractivity contribution is -0.141.